The van der Waals surface area contributed by atoms with Crippen molar-refractivity contribution >= 4 is 21.7 Å². The van der Waals surface area contributed by atoms with Crippen LogP contribution in [0.25, 0.3) is 0 Å². The number of hydrogen-bond acceptors (Lipinski definition) is 5. The number of nitrogens with zero attached hydrogens (tertiary/aromatic N) is 1. The first kappa shape index (κ1) is 23.7. The second-order valence-corrected chi connectivity index (χ2v) is 11.4. The molecule has 31 heavy (non-hydrogen) atoms. The largest absolute Gasteiger partial charge is 0.481 e. The zero-order chi connectivity index (χ0) is 22.6. The predicted molar refractivity (Wildman–Crippen MR) is 119 cm³/mol. The molecule has 2 fully saturated rings. The normalized spacial score (nSPS) is 23.0. The zero-order valence-corrected chi connectivity index (χ0v) is 19.0. The minimum Gasteiger partial charge on any atom is -0.481 e. The lowest BCUT2D eigenvalue weighted by molar-refractivity contribution is -0.137. The van der Waals surface area contributed by atoms with Crippen molar-refractivity contribution in [1.29, 1.82) is 0 Å². The van der Waals surface area contributed by atoms with Gasteiger partial charge in [-0.2, -0.15) is 0 Å². The third-order valence-electron chi connectivity index (χ3n) is 6.88. The molecule has 0 radical (unpaired) electrons. The Morgan fingerprint density at radius 3 is 2.35 bits per heavy atom. The fourth-order valence-corrected chi connectivity index (χ4v) is 6.64. The second-order valence-electron chi connectivity index (χ2n) is 9.29. The van der Waals surface area contributed by atoms with Gasteiger partial charge in [0.2, 0.25) is 5.91 Å². The van der Waals surface area contributed by atoms with Crippen molar-refractivity contribution in [3.8, 4) is 0 Å². The van der Waals surface area contributed by atoms with Gasteiger partial charge >= 0.3 is 5.97 Å². The summed E-state index contributed by atoms with van der Waals surface area (Å²) in [7, 11) is -1.46. The lowest BCUT2D eigenvalue weighted by Crippen LogP contribution is -2.52. The third kappa shape index (κ3) is 6.53. The van der Waals surface area contributed by atoms with Gasteiger partial charge in [-0.25, -0.2) is 8.42 Å². The molecule has 0 aromatic heterocycles. The number of carboxylic acid groups (broad SMARTS) is 1. The predicted octanol–water partition coefficient (Wildman–Crippen LogP) is 2.37. The molecule has 0 heterocycles. The molecule has 1 amide bonds. The Hall–Kier alpha value is -1.93. The van der Waals surface area contributed by atoms with Gasteiger partial charge in [0, 0.05) is 13.1 Å². The molecule has 2 aliphatic rings. The van der Waals surface area contributed by atoms with Crippen LogP contribution in [0.1, 0.15) is 56.1 Å². The zero-order valence-electron chi connectivity index (χ0n) is 18.2. The summed E-state index contributed by atoms with van der Waals surface area (Å²) in [6, 6.07) is 6.61. The minimum absolute atomic E-state index is 0.0158. The summed E-state index contributed by atoms with van der Waals surface area (Å²) in [5.41, 5.74) is 7.51. The van der Waals surface area contributed by atoms with Crippen molar-refractivity contribution in [2.24, 2.45) is 17.6 Å². The standard InChI is InChI=1S/C23H34N2O5S/c1-25(20-6-3-7-20)23(28)22(24)19-10-8-16(9-11-19)14-31(29,30)15-18-5-2-4-17(12-18)13-21(26)27/h2,4-5,12,16,19-20,22H,3,6-11,13-15,24H2,1H3,(H,26,27)/t16?,19?,22-/m0/s1. The molecule has 8 heteroatoms. The Balaban J connectivity index is 1.49. The van der Waals surface area contributed by atoms with E-state index in [1.165, 1.54) is 6.42 Å². The number of rotatable bonds is 9. The summed E-state index contributed by atoms with van der Waals surface area (Å²) in [6.07, 6.45) is 6.23. The van der Waals surface area contributed by atoms with Crippen LogP contribution in [0.15, 0.2) is 24.3 Å². The van der Waals surface area contributed by atoms with Crippen LogP contribution in [0, 0.1) is 11.8 Å². The quantitative estimate of drug-likeness (QED) is 0.596. The number of benzene rings is 1. The smallest absolute Gasteiger partial charge is 0.307 e. The maximum atomic E-state index is 12.7. The van der Waals surface area contributed by atoms with Crippen LogP contribution in [-0.4, -0.2) is 55.2 Å². The van der Waals surface area contributed by atoms with Gasteiger partial charge in [-0.3, -0.25) is 9.59 Å². The van der Waals surface area contributed by atoms with E-state index >= 15 is 0 Å². The van der Waals surface area contributed by atoms with Gasteiger partial charge in [0.05, 0.1) is 24.0 Å². The van der Waals surface area contributed by atoms with Gasteiger partial charge in [0.1, 0.15) is 0 Å². The van der Waals surface area contributed by atoms with Gasteiger partial charge in [0.25, 0.3) is 0 Å². The summed E-state index contributed by atoms with van der Waals surface area (Å²) in [6.45, 7) is 0. The molecule has 1 aromatic rings. The highest BCUT2D eigenvalue weighted by Crippen LogP contribution is 2.33. The SMILES string of the molecule is CN(C(=O)[C@@H](N)C1CCC(CS(=O)(=O)Cc2cccc(CC(=O)O)c2)CC1)C1CCC1. The number of carbonyl (C=O) groups excluding carboxylic acids is 1. The van der Waals surface area contributed by atoms with E-state index in [4.69, 9.17) is 10.8 Å². The molecule has 3 N–H and O–H groups in total. The lowest BCUT2D eigenvalue weighted by atomic mass is 9.78. The maximum absolute atomic E-state index is 12.7. The first-order valence-electron chi connectivity index (χ1n) is 11.2. The molecular weight excluding hydrogens is 416 g/mol. The topological polar surface area (TPSA) is 118 Å². The molecule has 1 aromatic carbocycles. The van der Waals surface area contributed by atoms with Crippen LogP contribution in [0.3, 0.4) is 0 Å². The average Bonchev–Trinajstić information content (AvgIpc) is 2.65. The van der Waals surface area contributed by atoms with E-state index in [1.807, 2.05) is 11.9 Å². The first-order valence-corrected chi connectivity index (χ1v) is 13.0. The minimum atomic E-state index is -3.31. The van der Waals surface area contributed by atoms with Crippen LogP contribution in [-0.2, 0) is 31.6 Å². The number of hydrogen-bond donors (Lipinski definition) is 2. The molecule has 0 saturated heterocycles. The van der Waals surface area contributed by atoms with Gasteiger partial charge in [-0.15, -0.1) is 0 Å². The van der Waals surface area contributed by atoms with E-state index in [1.54, 1.807) is 24.3 Å². The molecule has 0 aliphatic heterocycles. The highest BCUT2D eigenvalue weighted by molar-refractivity contribution is 7.90. The monoisotopic (exact) mass is 450 g/mol. The van der Waals surface area contributed by atoms with Crippen LogP contribution >= 0.6 is 0 Å². The van der Waals surface area contributed by atoms with Crippen molar-refractivity contribution in [2.75, 3.05) is 12.8 Å². The molecule has 172 valence electrons. The maximum Gasteiger partial charge on any atom is 0.307 e. The van der Waals surface area contributed by atoms with Crippen LogP contribution in [0.2, 0.25) is 0 Å². The van der Waals surface area contributed by atoms with Gasteiger partial charge < -0.3 is 15.7 Å². The van der Waals surface area contributed by atoms with Crippen molar-refractivity contribution in [3.05, 3.63) is 35.4 Å². The average molecular weight is 451 g/mol. The number of carbonyl (C=O) groups is 2. The van der Waals surface area contributed by atoms with Crippen molar-refractivity contribution in [2.45, 2.75) is 69.2 Å². The Kier molecular flexibility index (Phi) is 7.75. The summed E-state index contributed by atoms with van der Waals surface area (Å²) in [4.78, 5) is 25.3. The molecule has 0 unspecified atom stereocenters. The Morgan fingerprint density at radius 1 is 1.13 bits per heavy atom. The third-order valence-corrected chi connectivity index (χ3v) is 8.63. The molecule has 0 bridgehead atoms. The van der Waals surface area contributed by atoms with Crippen molar-refractivity contribution in [1.82, 2.24) is 4.90 Å². The molecule has 0 spiro atoms. The highest BCUT2D eigenvalue weighted by atomic mass is 32.2. The molecule has 3 rings (SSSR count). The van der Waals surface area contributed by atoms with E-state index in [0.29, 0.717) is 17.2 Å². The van der Waals surface area contributed by atoms with Crippen LogP contribution in [0.5, 0.6) is 0 Å². The molecule has 1 atom stereocenters. The summed E-state index contributed by atoms with van der Waals surface area (Å²) in [5, 5.41) is 8.92. The lowest BCUT2D eigenvalue weighted by Gasteiger charge is -2.38. The van der Waals surface area contributed by atoms with Gasteiger partial charge in [-0.1, -0.05) is 24.3 Å². The number of carboxylic acids is 1. The second kappa shape index (κ2) is 10.1. The van der Waals surface area contributed by atoms with E-state index < -0.39 is 21.8 Å². The summed E-state index contributed by atoms with van der Waals surface area (Å²) in [5.74, 6) is -0.690. The molecule has 2 aliphatic carbocycles. The number of aliphatic carboxylic acids is 1. The highest BCUT2D eigenvalue weighted by Gasteiger charge is 2.35. The molecular formula is C23H34N2O5S. The summed E-state index contributed by atoms with van der Waals surface area (Å²) < 4.78 is 25.5. The van der Waals surface area contributed by atoms with Crippen LogP contribution in [0.4, 0.5) is 0 Å². The fraction of sp³-hybridized carbons (Fsp3) is 0.652. The van der Waals surface area contributed by atoms with E-state index in [-0.39, 0.29) is 35.7 Å². The van der Waals surface area contributed by atoms with Gasteiger partial charge in [-0.05, 0) is 67.9 Å². The van der Waals surface area contributed by atoms with Crippen LogP contribution < -0.4 is 5.73 Å². The van der Waals surface area contributed by atoms with Gasteiger partial charge in [0.15, 0.2) is 9.84 Å². The fourth-order valence-electron chi connectivity index (χ4n) is 4.78. The van der Waals surface area contributed by atoms with E-state index in [2.05, 4.69) is 0 Å². The Bertz CT molecular complexity index is 889. The Labute approximate surface area is 184 Å². The van der Waals surface area contributed by atoms with Crippen molar-refractivity contribution < 1.29 is 23.1 Å². The first-order chi connectivity index (χ1) is 14.6. The van der Waals surface area contributed by atoms with Crippen molar-refractivity contribution in [3.63, 3.8) is 0 Å². The number of likely N-dealkylation sites (N-methyl/N-ethyl adjacent to an activating group) is 1. The number of nitrogens with two attached hydrogens (primary N) is 1. The Morgan fingerprint density at radius 2 is 1.77 bits per heavy atom. The summed E-state index contributed by atoms with van der Waals surface area (Å²) >= 11 is 0. The number of sulfone groups is 1. The molecule has 7 nitrogen and oxygen atoms in total. The van der Waals surface area contributed by atoms with E-state index in [9.17, 15) is 18.0 Å². The number of amides is 1. The molecule has 2 saturated carbocycles. The van der Waals surface area contributed by atoms with E-state index in [0.717, 1.165) is 38.5 Å².